The van der Waals surface area contributed by atoms with Crippen LogP contribution < -0.4 is 0 Å². The molecular weight excluding hydrogens is 156 g/mol. The van der Waals surface area contributed by atoms with Gasteiger partial charge in [-0.2, -0.15) is 0 Å². The Balaban J connectivity index is 2.40. The molecule has 1 N–H and O–H groups in total. The summed E-state index contributed by atoms with van der Waals surface area (Å²) in [6, 6.07) is 0. The number of hydrogen-bond acceptors (Lipinski definition) is 2. The molecule has 0 aromatic rings. The molecule has 1 aliphatic heterocycles. The molecule has 70 valence electrons. The minimum atomic E-state index is -0.731. The van der Waals surface area contributed by atoms with E-state index in [2.05, 4.69) is 13.8 Å². The normalized spacial score (nSPS) is 28.6. The van der Waals surface area contributed by atoms with Gasteiger partial charge < -0.3 is 9.84 Å². The minimum absolute atomic E-state index is 0.127. The van der Waals surface area contributed by atoms with Crippen LogP contribution in [0.15, 0.2) is 0 Å². The molecule has 1 aliphatic rings. The summed E-state index contributed by atoms with van der Waals surface area (Å²) in [6.45, 7) is 4.96. The molecule has 1 heterocycles. The van der Waals surface area contributed by atoms with Crippen molar-refractivity contribution in [3.05, 3.63) is 0 Å². The van der Waals surface area contributed by atoms with Gasteiger partial charge in [-0.15, -0.1) is 0 Å². The van der Waals surface area contributed by atoms with Crippen LogP contribution in [0, 0.1) is 5.92 Å². The number of carbonyl (C=O) groups is 1. The van der Waals surface area contributed by atoms with Crippen LogP contribution in [0.4, 0.5) is 0 Å². The Hall–Kier alpha value is -0.570. The number of hydrogen-bond donors (Lipinski definition) is 1. The van der Waals surface area contributed by atoms with Gasteiger partial charge in [-0.05, 0) is 12.3 Å². The van der Waals surface area contributed by atoms with Crippen molar-refractivity contribution in [1.82, 2.24) is 0 Å². The number of ether oxygens (including phenoxy) is 1. The molecule has 0 radical (unpaired) electrons. The van der Waals surface area contributed by atoms with Crippen LogP contribution in [-0.4, -0.2) is 23.3 Å². The van der Waals surface area contributed by atoms with Gasteiger partial charge in [-0.1, -0.05) is 13.8 Å². The van der Waals surface area contributed by atoms with Crippen LogP contribution >= 0.6 is 0 Å². The molecule has 0 amide bonds. The number of carboxylic acid groups (broad SMARTS) is 1. The van der Waals surface area contributed by atoms with E-state index in [1.54, 1.807) is 0 Å². The Labute approximate surface area is 72.7 Å². The second-order valence-electron chi connectivity index (χ2n) is 3.71. The van der Waals surface area contributed by atoms with Crippen LogP contribution in [0.1, 0.15) is 33.1 Å². The predicted octanol–water partition coefficient (Wildman–Crippen LogP) is 1.67. The third-order valence-corrected chi connectivity index (χ3v) is 2.73. The Kier molecular flexibility index (Phi) is 2.73. The van der Waals surface area contributed by atoms with E-state index >= 15 is 0 Å². The largest absolute Gasteiger partial charge is 0.481 e. The molecule has 3 heteroatoms. The van der Waals surface area contributed by atoms with E-state index < -0.39 is 5.97 Å². The Morgan fingerprint density at radius 2 is 2.25 bits per heavy atom. The highest BCUT2D eigenvalue weighted by molar-refractivity contribution is 5.66. The Morgan fingerprint density at radius 1 is 1.67 bits per heavy atom. The lowest BCUT2D eigenvalue weighted by Crippen LogP contribution is -2.48. The van der Waals surface area contributed by atoms with Crippen LogP contribution in [0.5, 0.6) is 0 Å². The maximum atomic E-state index is 10.4. The lowest BCUT2D eigenvalue weighted by Gasteiger charge is -2.45. The number of rotatable bonds is 4. The Bertz CT molecular complexity index is 171. The summed E-state index contributed by atoms with van der Waals surface area (Å²) in [5, 5.41) is 8.52. The maximum Gasteiger partial charge on any atom is 0.303 e. The molecule has 1 atom stereocenters. The van der Waals surface area contributed by atoms with Crippen LogP contribution in [0.2, 0.25) is 0 Å². The average Bonchev–Trinajstić information content (AvgIpc) is 1.83. The van der Waals surface area contributed by atoms with E-state index in [4.69, 9.17) is 9.84 Å². The molecule has 3 nitrogen and oxygen atoms in total. The summed E-state index contributed by atoms with van der Waals surface area (Å²) < 4.78 is 5.47. The highest BCUT2D eigenvalue weighted by atomic mass is 16.5. The van der Waals surface area contributed by atoms with E-state index in [0.717, 1.165) is 13.0 Å². The molecule has 1 unspecified atom stereocenters. The SMILES string of the molecule is CC(C)C1(CCC(=O)O)CCO1. The molecule has 1 rings (SSSR count). The summed E-state index contributed by atoms with van der Waals surface area (Å²) in [7, 11) is 0. The van der Waals surface area contributed by atoms with Gasteiger partial charge in [0.15, 0.2) is 0 Å². The fourth-order valence-corrected chi connectivity index (χ4v) is 1.62. The topological polar surface area (TPSA) is 46.5 Å². The van der Waals surface area contributed by atoms with Crippen molar-refractivity contribution in [2.75, 3.05) is 6.61 Å². The third kappa shape index (κ3) is 1.78. The first-order valence-corrected chi connectivity index (χ1v) is 4.42. The first-order chi connectivity index (χ1) is 5.57. The fraction of sp³-hybridized carbons (Fsp3) is 0.889. The third-order valence-electron chi connectivity index (χ3n) is 2.73. The minimum Gasteiger partial charge on any atom is -0.481 e. The number of carboxylic acids is 1. The molecule has 0 saturated carbocycles. The van der Waals surface area contributed by atoms with Gasteiger partial charge in [0.1, 0.15) is 0 Å². The van der Waals surface area contributed by atoms with Gasteiger partial charge in [-0.25, -0.2) is 0 Å². The quantitative estimate of drug-likeness (QED) is 0.701. The van der Waals surface area contributed by atoms with Crippen molar-refractivity contribution in [3.63, 3.8) is 0 Å². The van der Waals surface area contributed by atoms with E-state index in [9.17, 15) is 4.79 Å². The zero-order valence-corrected chi connectivity index (χ0v) is 7.67. The van der Waals surface area contributed by atoms with E-state index in [1.807, 2.05) is 0 Å². The van der Waals surface area contributed by atoms with Crippen molar-refractivity contribution in [2.24, 2.45) is 5.92 Å². The Morgan fingerprint density at radius 3 is 2.50 bits per heavy atom. The van der Waals surface area contributed by atoms with Crippen LogP contribution in [-0.2, 0) is 9.53 Å². The predicted molar refractivity (Wildman–Crippen MR) is 45.0 cm³/mol. The van der Waals surface area contributed by atoms with Gasteiger partial charge >= 0.3 is 5.97 Å². The molecular formula is C9H16O3. The summed E-state index contributed by atoms with van der Waals surface area (Å²) in [5.41, 5.74) is -0.127. The van der Waals surface area contributed by atoms with Gasteiger partial charge in [0.05, 0.1) is 12.2 Å². The van der Waals surface area contributed by atoms with E-state index in [1.165, 1.54) is 0 Å². The molecule has 0 bridgehead atoms. The average molecular weight is 172 g/mol. The lowest BCUT2D eigenvalue weighted by atomic mass is 9.79. The molecule has 1 fully saturated rings. The molecule has 0 aromatic carbocycles. The molecule has 1 saturated heterocycles. The highest BCUT2D eigenvalue weighted by Gasteiger charge is 2.41. The van der Waals surface area contributed by atoms with E-state index in [0.29, 0.717) is 12.3 Å². The van der Waals surface area contributed by atoms with Crippen molar-refractivity contribution in [3.8, 4) is 0 Å². The summed E-state index contributed by atoms with van der Waals surface area (Å²) in [5.74, 6) is -0.309. The highest BCUT2D eigenvalue weighted by Crippen LogP contribution is 2.38. The van der Waals surface area contributed by atoms with Gasteiger partial charge in [0.2, 0.25) is 0 Å². The second-order valence-corrected chi connectivity index (χ2v) is 3.71. The first-order valence-electron chi connectivity index (χ1n) is 4.42. The molecule has 0 spiro atoms. The maximum absolute atomic E-state index is 10.4. The van der Waals surface area contributed by atoms with Gasteiger partial charge in [0.25, 0.3) is 0 Å². The smallest absolute Gasteiger partial charge is 0.303 e. The van der Waals surface area contributed by atoms with Crippen molar-refractivity contribution in [1.29, 1.82) is 0 Å². The van der Waals surface area contributed by atoms with Crippen molar-refractivity contribution < 1.29 is 14.6 Å². The summed E-state index contributed by atoms with van der Waals surface area (Å²) in [4.78, 5) is 10.4. The fourth-order valence-electron chi connectivity index (χ4n) is 1.62. The van der Waals surface area contributed by atoms with Crippen molar-refractivity contribution >= 4 is 5.97 Å². The van der Waals surface area contributed by atoms with Crippen LogP contribution in [0.25, 0.3) is 0 Å². The molecule has 0 aromatic heterocycles. The second kappa shape index (κ2) is 3.44. The van der Waals surface area contributed by atoms with Gasteiger partial charge in [0, 0.05) is 12.8 Å². The van der Waals surface area contributed by atoms with Crippen molar-refractivity contribution in [2.45, 2.75) is 38.7 Å². The van der Waals surface area contributed by atoms with E-state index in [-0.39, 0.29) is 12.0 Å². The monoisotopic (exact) mass is 172 g/mol. The lowest BCUT2D eigenvalue weighted by molar-refractivity contribution is -0.182. The molecule has 12 heavy (non-hydrogen) atoms. The molecule has 0 aliphatic carbocycles. The van der Waals surface area contributed by atoms with Crippen LogP contribution in [0.3, 0.4) is 0 Å². The van der Waals surface area contributed by atoms with Gasteiger partial charge in [-0.3, -0.25) is 4.79 Å². The zero-order valence-electron chi connectivity index (χ0n) is 7.67. The first kappa shape index (κ1) is 9.52. The summed E-state index contributed by atoms with van der Waals surface area (Å²) in [6.07, 6.45) is 1.89. The standard InChI is InChI=1S/C9H16O3/c1-7(2)9(5-6-12-9)4-3-8(10)11/h7H,3-6H2,1-2H3,(H,10,11). The number of aliphatic carboxylic acids is 1. The summed E-state index contributed by atoms with van der Waals surface area (Å²) >= 11 is 0. The zero-order chi connectivity index (χ0) is 9.19.